The monoisotopic (exact) mass is 792 g/mol. The van der Waals surface area contributed by atoms with Crippen LogP contribution in [0.15, 0.2) is 86.2 Å². The van der Waals surface area contributed by atoms with Gasteiger partial charge in [0, 0.05) is 48.3 Å². The van der Waals surface area contributed by atoms with E-state index in [9.17, 15) is 19.8 Å². The van der Waals surface area contributed by atoms with Crippen LogP contribution in [0.3, 0.4) is 0 Å². The van der Waals surface area contributed by atoms with E-state index in [-0.39, 0.29) is 12.1 Å². The van der Waals surface area contributed by atoms with Crippen LogP contribution in [-0.4, -0.2) is 105 Å². The van der Waals surface area contributed by atoms with Gasteiger partial charge in [0.15, 0.2) is 0 Å². The molecule has 12 atom stereocenters. The number of fused-ring (bicyclic) bond motifs is 8. The average molecular weight is 793 g/mol. The molecule has 58 heavy (non-hydrogen) atoms. The van der Waals surface area contributed by atoms with Gasteiger partial charge in [-0.1, -0.05) is 12.2 Å². The number of hydrogen-bond acceptors (Lipinski definition) is 10. The van der Waals surface area contributed by atoms with E-state index in [0.29, 0.717) is 36.5 Å². The fourth-order valence-electron chi connectivity index (χ4n) is 9.98. The molecule has 2 unspecified atom stereocenters. The van der Waals surface area contributed by atoms with E-state index in [1.807, 2.05) is 48.5 Å². The zero-order valence-electron chi connectivity index (χ0n) is 33.4. The Hall–Kier alpha value is -4.88. The van der Waals surface area contributed by atoms with Gasteiger partial charge < -0.3 is 29.9 Å². The Morgan fingerprint density at radius 3 is 1.41 bits per heavy atom. The third-order valence-electron chi connectivity index (χ3n) is 13.5. The lowest BCUT2D eigenvalue weighted by molar-refractivity contribution is -0.160. The first-order valence-corrected chi connectivity index (χ1v) is 20.4. The second kappa shape index (κ2) is 17.9. The van der Waals surface area contributed by atoms with Gasteiger partial charge in [-0.3, -0.25) is 29.4 Å². The highest BCUT2D eigenvalue weighted by molar-refractivity contribution is 5.85. The van der Waals surface area contributed by atoms with Crippen LogP contribution in [0.1, 0.15) is 61.9 Å². The first-order valence-electron chi connectivity index (χ1n) is 20.4. The summed E-state index contributed by atoms with van der Waals surface area (Å²) in [6.45, 7) is 12.1. The molecule has 6 saturated heterocycles. The summed E-state index contributed by atoms with van der Waals surface area (Å²) in [5.41, 5.74) is 3.69. The quantitative estimate of drug-likeness (QED) is 0.129. The minimum absolute atomic E-state index is 0.178. The van der Waals surface area contributed by atoms with Crippen LogP contribution in [0, 0.1) is 35.5 Å². The summed E-state index contributed by atoms with van der Waals surface area (Å²) in [7, 11) is 3.32. The number of ether oxygens (including phenoxy) is 2. The highest BCUT2D eigenvalue weighted by atomic mass is 16.5. The summed E-state index contributed by atoms with van der Waals surface area (Å²) in [5, 5.41) is 41.0. The Kier molecular flexibility index (Phi) is 12.8. The van der Waals surface area contributed by atoms with Crippen LogP contribution >= 0.6 is 0 Å². The van der Waals surface area contributed by atoms with Crippen molar-refractivity contribution in [2.45, 2.75) is 62.8 Å². The van der Waals surface area contributed by atoms with E-state index >= 15 is 0 Å². The van der Waals surface area contributed by atoms with Crippen LogP contribution in [0.5, 0.6) is 11.5 Å². The van der Waals surface area contributed by atoms with Gasteiger partial charge in [-0.25, -0.2) is 0 Å². The summed E-state index contributed by atoms with van der Waals surface area (Å²) in [6.07, 6.45) is 12.3. The number of carboxylic acid groups (broad SMARTS) is 2. The number of pyridine rings is 2. The number of piperidine rings is 6. The summed E-state index contributed by atoms with van der Waals surface area (Å²) in [6, 6.07) is 15.9. The Morgan fingerprint density at radius 2 is 1.10 bits per heavy atom. The maximum Gasteiger partial charge on any atom is 0.307 e. The molecule has 0 spiro atoms. The fourth-order valence-corrected chi connectivity index (χ4v) is 9.98. The molecular weight excluding hydrogens is 737 g/mol. The molecule has 4 aromatic rings. The third kappa shape index (κ3) is 8.34. The lowest BCUT2D eigenvalue weighted by atomic mass is 9.73. The number of nitrogens with zero attached hydrogens (tertiary/aromatic N) is 4. The molecule has 1 saturated carbocycles. The maximum atomic E-state index is 11.2. The number of aliphatic hydroxyl groups excluding tert-OH is 2. The third-order valence-corrected chi connectivity index (χ3v) is 13.5. The first-order chi connectivity index (χ1) is 28.0. The molecule has 2 aromatic heterocycles. The molecule has 7 aliphatic rings. The molecule has 12 heteroatoms. The van der Waals surface area contributed by atoms with E-state index in [4.69, 9.17) is 19.7 Å². The van der Waals surface area contributed by atoms with Crippen molar-refractivity contribution >= 4 is 33.7 Å². The molecule has 0 amide bonds. The van der Waals surface area contributed by atoms with E-state index in [0.717, 1.165) is 83.5 Å². The maximum absolute atomic E-state index is 11.2. The number of carbonyl (C=O) groups is 2. The smallest absolute Gasteiger partial charge is 0.307 e. The second-order valence-corrected chi connectivity index (χ2v) is 16.4. The topological polar surface area (TPSA) is 166 Å². The first kappa shape index (κ1) is 41.3. The Morgan fingerprint density at radius 1 is 0.690 bits per heavy atom. The van der Waals surface area contributed by atoms with Crippen LogP contribution in [0.4, 0.5) is 0 Å². The minimum Gasteiger partial charge on any atom is -0.497 e. The summed E-state index contributed by atoms with van der Waals surface area (Å²) in [4.78, 5) is 34.2. The van der Waals surface area contributed by atoms with Crippen LogP contribution in [0.2, 0.25) is 0 Å². The number of benzene rings is 2. The number of rotatable bonds is 10. The fraction of sp³-hybridized carbons (Fsp3) is 0.478. The van der Waals surface area contributed by atoms with Gasteiger partial charge in [0.2, 0.25) is 0 Å². The number of aromatic nitrogens is 2. The number of methoxy groups -OCH3 is 2. The van der Waals surface area contributed by atoms with Gasteiger partial charge in [-0.2, -0.15) is 0 Å². The number of aliphatic hydroxyl groups is 2. The van der Waals surface area contributed by atoms with Gasteiger partial charge in [-0.05, 0) is 135 Å². The normalized spacial score (nSPS) is 30.3. The summed E-state index contributed by atoms with van der Waals surface area (Å²) in [5.74, 6) is 0.757. The Bertz CT molecular complexity index is 1980. The van der Waals surface area contributed by atoms with E-state index in [1.165, 1.54) is 12.8 Å². The van der Waals surface area contributed by atoms with Crippen molar-refractivity contribution in [3.63, 3.8) is 0 Å². The predicted octanol–water partition coefficient (Wildman–Crippen LogP) is 6.53. The van der Waals surface area contributed by atoms with Crippen LogP contribution < -0.4 is 9.47 Å². The molecule has 308 valence electrons. The van der Waals surface area contributed by atoms with Crippen LogP contribution in [0.25, 0.3) is 21.8 Å². The van der Waals surface area contributed by atoms with Crippen molar-refractivity contribution in [1.29, 1.82) is 0 Å². The summed E-state index contributed by atoms with van der Waals surface area (Å²) >= 11 is 0. The van der Waals surface area contributed by atoms with Crippen molar-refractivity contribution in [3.8, 4) is 11.5 Å². The Balaban J connectivity index is 0.000000144. The number of carboxylic acids is 2. The molecule has 1 aliphatic carbocycles. The van der Waals surface area contributed by atoms with Crippen molar-refractivity contribution in [3.05, 3.63) is 97.4 Å². The van der Waals surface area contributed by atoms with Crippen molar-refractivity contribution < 1.29 is 39.5 Å². The minimum atomic E-state index is -0.987. The van der Waals surface area contributed by atoms with Gasteiger partial charge in [0.1, 0.15) is 11.5 Å². The molecule has 7 fully saturated rings. The van der Waals surface area contributed by atoms with Gasteiger partial charge >= 0.3 is 11.9 Å². The molecule has 4 bridgehead atoms. The molecule has 4 N–H and O–H groups in total. The standard InChI is InChI=1S/2C20H24N2O2.C6H8O4/c2*1-3-13-12-22-9-7-14(13)10-19(22)20(23)16-6-8-21-18-5-4-15(24-2)11-17(16)18;7-5(8)3-1-2-4(3)6(9)10/h2*3-6,8,11,13-14,19-20,23H,1,7,9-10,12H2,2H3;3-4H,1-2H2,(H,7,8)(H,9,10)/t2*13-,14-,19-,20+;3-,4-/m001/s1. The van der Waals surface area contributed by atoms with Crippen LogP contribution in [-0.2, 0) is 9.59 Å². The molecule has 2 aromatic carbocycles. The largest absolute Gasteiger partial charge is 0.497 e. The highest BCUT2D eigenvalue weighted by Gasteiger charge is 2.44. The lowest BCUT2D eigenvalue weighted by Crippen LogP contribution is -2.54. The second-order valence-electron chi connectivity index (χ2n) is 16.4. The molecule has 0 radical (unpaired) electrons. The summed E-state index contributed by atoms with van der Waals surface area (Å²) < 4.78 is 10.7. The molecular formula is C46H56N4O8. The van der Waals surface area contributed by atoms with Gasteiger partial charge in [-0.15, -0.1) is 13.2 Å². The van der Waals surface area contributed by atoms with Crippen molar-refractivity contribution in [2.75, 3.05) is 40.4 Å². The zero-order chi connectivity index (χ0) is 41.1. The van der Waals surface area contributed by atoms with E-state index in [1.54, 1.807) is 26.6 Å². The molecule has 12 nitrogen and oxygen atoms in total. The molecule has 6 aliphatic heterocycles. The van der Waals surface area contributed by atoms with Gasteiger partial charge in [0.05, 0.1) is 49.3 Å². The zero-order valence-corrected chi connectivity index (χ0v) is 33.4. The Labute approximate surface area is 339 Å². The van der Waals surface area contributed by atoms with E-state index < -0.39 is 36.0 Å². The number of aliphatic carboxylic acids is 2. The lowest BCUT2D eigenvalue weighted by Gasteiger charge is -2.50. The average Bonchev–Trinajstić information content (AvgIpc) is 3.24. The van der Waals surface area contributed by atoms with Crippen molar-refractivity contribution in [1.82, 2.24) is 19.8 Å². The molecule has 8 heterocycles. The highest BCUT2D eigenvalue weighted by Crippen LogP contribution is 2.44. The predicted molar refractivity (Wildman–Crippen MR) is 222 cm³/mol. The van der Waals surface area contributed by atoms with E-state index in [2.05, 4.69) is 45.1 Å². The SMILES string of the molecule is C=C[C@H]1CN2CC[C@H]1C[C@H]2[C@H](O)c1ccnc2ccc(OC)cc12.C=C[C@H]1CN2CC[C@H]1C[C@H]2[C@H](O)c1ccnc2ccc(OC)cc12.O=C(O)[C@@H]1CC[C@H]1C(=O)O. The van der Waals surface area contributed by atoms with Gasteiger partial charge in [0.25, 0.3) is 0 Å². The number of hydrogen-bond donors (Lipinski definition) is 4. The molecule has 11 rings (SSSR count). The van der Waals surface area contributed by atoms with Crippen molar-refractivity contribution in [2.24, 2.45) is 35.5 Å².